The zero-order valence-corrected chi connectivity index (χ0v) is 45.7. The molecule has 9 saturated heterocycles. The van der Waals surface area contributed by atoms with Gasteiger partial charge in [-0.1, -0.05) is 21.3 Å². The molecule has 0 aromatic rings. The molecule has 0 amide bonds. The van der Waals surface area contributed by atoms with Crippen molar-refractivity contribution in [1.82, 2.24) is 0 Å². The number of rotatable bonds is 36. The van der Waals surface area contributed by atoms with Gasteiger partial charge in [0.25, 0.3) is 0 Å². The lowest BCUT2D eigenvalue weighted by atomic mass is 9.83. The smallest absolute Gasteiger partial charge is 0.181 e. The molecule has 4 aliphatic carbocycles. The Morgan fingerprint density at radius 3 is 0.973 bits per heavy atom. The Labute approximate surface area is 450 Å². The number of hydrogen-bond acceptors (Lipinski definition) is 18. The molecule has 75 heavy (non-hydrogen) atoms. The van der Waals surface area contributed by atoms with Crippen molar-refractivity contribution < 1.29 is 85.3 Å². The summed E-state index contributed by atoms with van der Waals surface area (Å²) in [4.78, 5) is 0. The Bertz CT molecular complexity index is 1340. The van der Waals surface area contributed by atoms with Crippen molar-refractivity contribution in [2.75, 3.05) is 165 Å². The predicted molar refractivity (Wildman–Crippen MR) is 278 cm³/mol. The summed E-state index contributed by atoms with van der Waals surface area (Å²) in [5.41, 5.74) is 0.129. The van der Waals surface area contributed by atoms with Crippen LogP contribution in [0, 0.1) is 35.0 Å². The average molecular weight is 1080 g/mol. The van der Waals surface area contributed by atoms with Gasteiger partial charge in [-0.3, -0.25) is 0 Å². The van der Waals surface area contributed by atoms with Crippen LogP contribution in [-0.2, 0) is 85.3 Å². The first-order chi connectivity index (χ1) is 36.3. The van der Waals surface area contributed by atoms with Crippen LogP contribution in [0.2, 0.25) is 0 Å². The number of unbranched alkanes of at least 4 members (excludes halogenated alkanes) is 1. The summed E-state index contributed by atoms with van der Waals surface area (Å²) < 4.78 is 94.7. The second-order valence-electron chi connectivity index (χ2n) is 23.6. The third kappa shape index (κ3) is 35.6. The molecule has 4 saturated carbocycles. The summed E-state index contributed by atoms with van der Waals surface area (Å²) in [6, 6.07) is 0. The molecule has 0 aromatic heterocycles. The highest BCUT2D eigenvalue weighted by molar-refractivity contribution is 4.87. The molecule has 13 fully saturated rings. The lowest BCUT2D eigenvalue weighted by Crippen LogP contribution is -2.27. The highest BCUT2D eigenvalue weighted by Crippen LogP contribution is 2.32. The molecular weight excluding hydrogens is 973 g/mol. The minimum Gasteiger partial charge on any atom is -0.381 e. The van der Waals surface area contributed by atoms with E-state index in [0.29, 0.717) is 62.0 Å². The van der Waals surface area contributed by atoms with Gasteiger partial charge in [0.15, 0.2) is 6.29 Å². The fraction of sp³-hybridized carbons (Fsp3) is 1.00. The average Bonchev–Trinajstić information content (AvgIpc) is 4.17. The molecule has 13 aliphatic rings. The van der Waals surface area contributed by atoms with Gasteiger partial charge in [-0.05, 0) is 114 Å². The molecule has 9 heterocycles. The van der Waals surface area contributed by atoms with Gasteiger partial charge in [0, 0.05) is 51.7 Å². The largest absolute Gasteiger partial charge is 0.381 e. The maximum atomic E-state index is 5.68. The first kappa shape index (κ1) is 61.9. The van der Waals surface area contributed by atoms with E-state index in [9.17, 15) is 0 Å². The number of epoxide rings is 9. The summed E-state index contributed by atoms with van der Waals surface area (Å²) in [6.07, 6.45) is 19.1. The van der Waals surface area contributed by atoms with Crippen LogP contribution in [0.4, 0.5) is 0 Å². The Kier molecular flexibility index (Phi) is 28.5. The fourth-order valence-electron chi connectivity index (χ4n) is 7.71. The quantitative estimate of drug-likeness (QED) is 0.0488. The lowest BCUT2D eigenvalue weighted by molar-refractivity contribution is -0.0479. The van der Waals surface area contributed by atoms with Crippen LogP contribution in [0.25, 0.3) is 0 Å². The van der Waals surface area contributed by atoms with E-state index in [1.54, 1.807) is 0 Å². The molecule has 0 spiro atoms. The van der Waals surface area contributed by atoms with E-state index in [-0.39, 0.29) is 25.2 Å². The van der Waals surface area contributed by atoms with Crippen LogP contribution in [0.15, 0.2) is 0 Å². The zero-order valence-electron chi connectivity index (χ0n) is 45.7. The van der Waals surface area contributed by atoms with Crippen LogP contribution in [0.3, 0.4) is 0 Å². The van der Waals surface area contributed by atoms with Crippen molar-refractivity contribution in [2.24, 2.45) is 35.0 Å². The van der Waals surface area contributed by atoms with Crippen LogP contribution >= 0.6 is 0 Å². The molecule has 18 nitrogen and oxygen atoms in total. The van der Waals surface area contributed by atoms with Crippen molar-refractivity contribution in [1.29, 1.82) is 0 Å². The monoisotopic (exact) mass is 1070 g/mol. The fourth-order valence-corrected chi connectivity index (χ4v) is 7.71. The third-order valence-corrected chi connectivity index (χ3v) is 14.0. The van der Waals surface area contributed by atoms with Crippen LogP contribution in [0.5, 0.6) is 0 Å². The summed E-state index contributed by atoms with van der Waals surface area (Å²) >= 11 is 0. The van der Waals surface area contributed by atoms with Gasteiger partial charge in [0.05, 0.1) is 118 Å². The summed E-state index contributed by atoms with van der Waals surface area (Å²) in [5.74, 6) is 4.14. The van der Waals surface area contributed by atoms with E-state index in [1.165, 1.54) is 64.2 Å². The van der Waals surface area contributed by atoms with E-state index in [1.807, 2.05) is 6.92 Å². The third-order valence-electron chi connectivity index (χ3n) is 14.0. The molecule has 0 aromatic carbocycles. The molecular formula is C57H102O18. The molecule has 438 valence electrons. The lowest BCUT2D eigenvalue weighted by Gasteiger charge is -2.28. The summed E-state index contributed by atoms with van der Waals surface area (Å²) in [5, 5.41) is 0. The zero-order chi connectivity index (χ0) is 51.1. The van der Waals surface area contributed by atoms with Gasteiger partial charge < -0.3 is 85.3 Å². The van der Waals surface area contributed by atoms with Gasteiger partial charge >= 0.3 is 0 Å². The molecule has 0 radical (unpaired) electrons. The van der Waals surface area contributed by atoms with E-state index >= 15 is 0 Å². The van der Waals surface area contributed by atoms with E-state index in [4.69, 9.17) is 85.3 Å². The molecule has 10 unspecified atom stereocenters. The first-order valence-electron chi connectivity index (χ1n) is 29.1. The maximum Gasteiger partial charge on any atom is 0.181 e. The molecule has 9 aliphatic heterocycles. The van der Waals surface area contributed by atoms with E-state index in [0.717, 1.165) is 194 Å². The van der Waals surface area contributed by atoms with Crippen LogP contribution in [0.1, 0.15) is 105 Å². The van der Waals surface area contributed by atoms with E-state index < -0.39 is 0 Å². The maximum absolute atomic E-state index is 5.68. The normalized spacial score (nSPS) is 32.8. The van der Waals surface area contributed by atoms with Gasteiger partial charge in [-0.25, -0.2) is 0 Å². The SMILES string of the molecule is C.C(CCOCC1CO1)COCC1CC1.C1CC(COCC2CO2)CCC1COCC1CO1.C1CC1COCC1CO1.C1OC1C1CO1.CC(C)(COCC1CC1)COCC1CO1.CC(COCC1CO1)OC1CO1. The topological polar surface area (TPSA) is 196 Å². The van der Waals surface area contributed by atoms with Gasteiger partial charge in [-0.15, -0.1) is 0 Å². The minimum atomic E-state index is 0. The molecule has 13 rings (SSSR count). The summed E-state index contributed by atoms with van der Waals surface area (Å²) in [6.45, 7) is 27.6. The highest BCUT2D eigenvalue weighted by atomic mass is 16.8. The van der Waals surface area contributed by atoms with Gasteiger partial charge in [-0.2, -0.15) is 0 Å². The molecule has 10 atom stereocenters. The second kappa shape index (κ2) is 34.5. The molecule has 0 N–H and O–H groups in total. The second-order valence-corrected chi connectivity index (χ2v) is 23.6. The predicted octanol–water partition coefficient (Wildman–Crippen LogP) is 6.48. The van der Waals surface area contributed by atoms with Crippen molar-refractivity contribution >= 4 is 0 Å². The first-order valence-corrected chi connectivity index (χ1v) is 29.1. The highest BCUT2D eigenvalue weighted by Gasteiger charge is 2.41. The standard InChI is InChI=1S/C14H24O4.C12H22O3.C11H20O3.C8H14O4.C7H12O2.C4H6O2.CH4/c1-2-12(6-16-8-14-10-18-14)4-3-11(1)5-15-7-13-9-17-13;1-12(2,8-13-5-10-3-4-10)9-14-6-11-7-15-11;1(5-12-7-10-3-4-10)2-6-13-8-11-9-14-11;1-6(12-8-5-11-8)2-9-3-7-4-10-7;1-2-6(1)3-8-4-7-5-9-7;1-3(5-1)4-2-6-4;/h11-14H,1-10H2;10-11H,3-9H2,1-2H3;10-11H,1-9H2;6-8H,2-5H2,1H3;6-7H,1-5H2;3-4H,1-2H2;1H4. The van der Waals surface area contributed by atoms with Crippen molar-refractivity contribution in [3.05, 3.63) is 0 Å². The Hall–Kier alpha value is -0.720. The van der Waals surface area contributed by atoms with Crippen molar-refractivity contribution in [2.45, 2.75) is 166 Å². The number of ether oxygens (including phenoxy) is 18. The van der Waals surface area contributed by atoms with Crippen LogP contribution in [-0.4, -0.2) is 226 Å². The molecule has 18 heteroatoms. The number of hydrogen-bond donors (Lipinski definition) is 0. The minimum absolute atomic E-state index is 0. The molecule has 0 bridgehead atoms. The van der Waals surface area contributed by atoms with E-state index in [2.05, 4.69) is 13.8 Å². The Balaban J connectivity index is 0.000000134. The van der Waals surface area contributed by atoms with Crippen molar-refractivity contribution in [3.63, 3.8) is 0 Å². The van der Waals surface area contributed by atoms with Gasteiger partial charge in [0.2, 0.25) is 0 Å². The van der Waals surface area contributed by atoms with Crippen molar-refractivity contribution in [3.8, 4) is 0 Å². The Morgan fingerprint density at radius 2 is 0.640 bits per heavy atom. The Morgan fingerprint density at radius 1 is 0.360 bits per heavy atom. The summed E-state index contributed by atoms with van der Waals surface area (Å²) in [7, 11) is 0. The van der Waals surface area contributed by atoms with Crippen LogP contribution < -0.4 is 0 Å². The van der Waals surface area contributed by atoms with Gasteiger partial charge in [0.1, 0.15) is 55.4 Å².